The minimum absolute atomic E-state index is 0.111. The number of carbonyl (C=O) groups is 1. The van der Waals surface area contributed by atoms with Crippen LogP contribution < -0.4 is 9.46 Å². The number of sulfonamides is 1. The van der Waals surface area contributed by atoms with E-state index in [2.05, 4.69) is 4.72 Å². The van der Waals surface area contributed by atoms with E-state index in [-0.39, 0.29) is 17.6 Å². The molecule has 1 heterocycles. The Morgan fingerprint density at radius 1 is 1.14 bits per heavy atom. The van der Waals surface area contributed by atoms with E-state index in [0.29, 0.717) is 23.5 Å². The highest BCUT2D eigenvalue weighted by atomic mass is 32.2. The standard InChI is InChI=1S/C21H24N2O4S/c1-27-20-8-2-15(3-9-20)14-28(25,26)22-19-7-6-16-10-11-23(13-18(16)12-19)21(24)17-4-5-17/h2-3,6-9,12,17,22H,4-5,10-11,13-14H2,1H3. The van der Waals surface area contributed by atoms with Crippen molar-refractivity contribution in [2.24, 2.45) is 5.92 Å². The van der Waals surface area contributed by atoms with Crippen molar-refractivity contribution >= 4 is 21.6 Å². The Balaban J connectivity index is 1.45. The fourth-order valence-electron chi connectivity index (χ4n) is 3.55. The number of fused-ring (bicyclic) bond motifs is 1. The highest BCUT2D eigenvalue weighted by Gasteiger charge is 2.34. The summed E-state index contributed by atoms with van der Waals surface area (Å²) < 4.78 is 32.9. The number of ether oxygens (including phenoxy) is 1. The van der Waals surface area contributed by atoms with Crippen LogP contribution >= 0.6 is 0 Å². The molecule has 0 spiro atoms. The molecule has 2 aromatic carbocycles. The first-order valence-corrected chi connectivity index (χ1v) is 11.1. The molecule has 4 rings (SSSR count). The van der Waals surface area contributed by atoms with Crippen molar-refractivity contribution < 1.29 is 17.9 Å². The Hall–Kier alpha value is -2.54. The van der Waals surface area contributed by atoms with Crippen molar-refractivity contribution in [2.45, 2.75) is 31.6 Å². The average molecular weight is 401 g/mol. The number of carbonyl (C=O) groups excluding carboxylic acids is 1. The van der Waals surface area contributed by atoms with Crippen LogP contribution in [-0.4, -0.2) is 32.9 Å². The molecular weight excluding hydrogens is 376 g/mol. The monoisotopic (exact) mass is 400 g/mol. The molecule has 0 radical (unpaired) electrons. The molecule has 6 nitrogen and oxygen atoms in total. The third-order valence-electron chi connectivity index (χ3n) is 5.25. The molecule has 28 heavy (non-hydrogen) atoms. The minimum atomic E-state index is -3.54. The van der Waals surface area contributed by atoms with Gasteiger partial charge in [-0.25, -0.2) is 8.42 Å². The van der Waals surface area contributed by atoms with Gasteiger partial charge >= 0.3 is 0 Å². The van der Waals surface area contributed by atoms with Gasteiger partial charge in [0.2, 0.25) is 15.9 Å². The van der Waals surface area contributed by atoms with Crippen molar-refractivity contribution in [3.05, 3.63) is 59.2 Å². The van der Waals surface area contributed by atoms with E-state index in [1.165, 1.54) is 5.56 Å². The minimum Gasteiger partial charge on any atom is -0.497 e. The third-order valence-corrected chi connectivity index (χ3v) is 6.51. The molecule has 1 aliphatic heterocycles. The van der Waals surface area contributed by atoms with E-state index in [1.807, 2.05) is 17.0 Å². The molecule has 2 aliphatic rings. The molecule has 1 N–H and O–H groups in total. The summed E-state index contributed by atoms with van der Waals surface area (Å²) in [6.07, 6.45) is 2.80. The van der Waals surface area contributed by atoms with E-state index in [1.54, 1.807) is 37.4 Å². The Morgan fingerprint density at radius 3 is 2.57 bits per heavy atom. The van der Waals surface area contributed by atoms with Gasteiger partial charge in [-0.15, -0.1) is 0 Å². The zero-order valence-corrected chi connectivity index (χ0v) is 16.7. The molecule has 0 aromatic heterocycles. The molecule has 1 amide bonds. The maximum absolute atomic E-state index is 12.6. The van der Waals surface area contributed by atoms with Crippen LogP contribution in [0, 0.1) is 5.92 Å². The topological polar surface area (TPSA) is 75.7 Å². The lowest BCUT2D eigenvalue weighted by atomic mass is 9.99. The van der Waals surface area contributed by atoms with Gasteiger partial charge in [-0.3, -0.25) is 9.52 Å². The molecule has 2 aromatic rings. The number of hydrogen-bond acceptors (Lipinski definition) is 4. The fraction of sp³-hybridized carbons (Fsp3) is 0.381. The molecule has 0 saturated heterocycles. The summed E-state index contributed by atoms with van der Waals surface area (Å²) >= 11 is 0. The first-order chi connectivity index (χ1) is 13.4. The quantitative estimate of drug-likeness (QED) is 0.809. The van der Waals surface area contributed by atoms with Crippen LogP contribution in [0.4, 0.5) is 5.69 Å². The summed E-state index contributed by atoms with van der Waals surface area (Å²) in [5, 5.41) is 0. The van der Waals surface area contributed by atoms with Gasteiger partial charge in [-0.2, -0.15) is 0 Å². The van der Waals surface area contributed by atoms with Gasteiger partial charge in [-0.1, -0.05) is 18.2 Å². The number of nitrogens with zero attached hydrogens (tertiary/aromatic N) is 1. The highest BCUT2D eigenvalue weighted by molar-refractivity contribution is 7.91. The summed E-state index contributed by atoms with van der Waals surface area (Å²) in [5.74, 6) is 1.01. The molecule has 7 heteroatoms. The summed E-state index contributed by atoms with van der Waals surface area (Å²) in [7, 11) is -1.97. The van der Waals surface area contributed by atoms with Crippen molar-refractivity contribution in [2.75, 3.05) is 18.4 Å². The number of rotatable bonds is 6. The van der Waals surface area contributed by atoms with Gasteiger partial charge in [0.25, 0.3) is 0 Å². The van der Waals surface area contributed by atoms with Crippen molar-refractivity contribution in [1.82, 2.24) is 4.90 Å². The van der Waals surface area contributed by atoms with E-state index < -0.39 is 10.0 Å². The van der Waals surface area contributed by atoms with Gasteiger partial charge in [0.15, 0.2) is 0 Å². The number of hydrogen-bond donors (Lipinski definition) is 1. The van der Waals surface area contributed by atoms with Crippen LogP contribution in [0.5, 0.6) is 5.75 Å². The second-order valence-corrected chi connectivity index (χ2v) is 9.20. The highest BCUT2D eigenvalue weighted by Crippen LogP contribution is 2.33. The normalized spacial score (nSPS) is 16.4. The molecule has 0 atom stereocenters. The van der Waals surface area contributed by atoms with E-state index in [0.717, 1.165) is 31.4 Å². The molecule has 148 valence electrons. The number of amides is 1. The zero-order valence-electron chi connectivity index (χ0n) is 15.8. The maximum Gasteiger partial charge on any atom is 0.236 e. The Labute approximate surface area is 165 Å². The van der Waals surface area contributed by atoms with Crippen LogP contribution in [0.25, 0.3) is 0 Å². The summed E-state index contributed by atoms with van der Waals surface area (Å²) in [4.78, 5) is 14.2. The first kappa shape index (κ1) is 18.8. The lowest BCUT2D eigenvalue weighted by Gasteiger charge is -2.29. The van der Waals surface area contributed by atoms with Crippen molar-refractivity contribution in [3.8, 4) is 5.75 Å². The zero-order chi connectivity index (χ0) is 19.7. The molecule has 0 bridgehead atoms. The molecule has 1 aliphatic carbocycles. The van der Waals surface area contributed by atoms with Crippen molar-refractivity contribution in [1.29, 1.82) is 0 Å². The van der Waals surface area contributed by atoms with E-state index in [4.69, 9.17) is 4.74 Å². The molecule has 0 unspecified atom stereocenters. The van der Waals surface area contributed by atoms with Crippen LogP contribution in [0.15, 0.2) is 42.5 Å². The van der Waals surface area contributed by atoms with E-state index >= 15 is 0 Å². The fourth-order valence-corrected chi connectivity index (χ4v) is 4.74. The SMILES string of the molecule is COc1ccc(CS(=O)(=O)Nc2ccc3c(c2)CN(C(=O)C2CC2)CC3)cc1. The van der Waals surface area contributed by atoms with Crippen LogP contribution in [0.1, 0.15) is 29.5 Å². The van der Waals surface area contributed by atoms with Gasteiger partial charge in [0.1, 0.15) is 5.75 Å². The van der Waals surface area contributed by atoms with Gasteiger partial charge in [0.05, 0.1) is 12.9 Å². The van der Waals surface area contributed by atoms with Crippen molar-refractivity contribution in [3.63, 3.8) is 0 Å². The Kier molecular flexibility index (Phi) is 5.02. The van der Waals surface area contributed by atoms with Crippen LogP contribution in [0.2, 0.25) is 0 Å². The second-order valence-electron chi connectivity index (χ2n) is 7.48. The third kappa shape index (κ3) is 4.30. The molecular formula is C21H24N2O4S. The predicted octanol–water partition coefficient (Wildman–Crippen LogP) is 2.93. The van der Waals surface area contributed by atoms with E-state index in [9.17, 15) is 13.2 Å². The largest absolute Gasteiger partial charge is 0.497 e. The Bertz CT molecular complexity index is 982. The first-order valence-electron chi connectivity index (χ1n) is 9.47. The van der Waals surface area contributed by atoms with Gasteiger partial charge in [-0.05, 0) is 60.2 Å². The van der Waals surface area contributed by atoms with Crippen LogP contribution in [0.3, 0.4) is 0 Å². The van der Waals surface area contributed by atoms with Gasteiger partial charge < -0.3 is 9.64 Å². The number of benzene rings is 2. The molecule has 1 fully saturated rings. The summed E-state index contributed by atoms with van der Waals surface area (Å²) in [5.41, 5.74) is 3.42. The summed E-state index contributed by atoms with van der Waals surface area (Å²) in [6, 6.07) is 12.6. The lowest BCUT2D eigenvalue weighted by Crippen LogP contribution is -2.36. The maximum atomic E-state index is 12.6. The predicted molar refractivity (Wildman–Crippen MR) is 108 cm³/mol. The number of methoxy groups -OCH3 is 1. The van der Waals surface area contributed by atoms with Gasteiger partial charge in [0, 0.05) is 24.7 Å². The molecule has 1 saturated carbocycles. The summed E-state index contributed by atoms with van der Waals surface area (Å²) in [6.45, 7) is 1.30. The second kappa shape index (κ2) is 7.47. The number of anilines is 1. The smallest absolute Gasteiger partial charge is 0.236 e. The van der Waals surface area contributed by atoms with Crippen LogP contribution in [-0.2, 0) is 33.5 Å². The average Bonchev–Trinajstić information content (AvgIpc) is 3.52. The number of nitrogens with one attached hydrogen (secondary N) is 1. The lowest BCUT2D eigenvalue weighted by molar-refractivity contribution is -0.133. The Morgan fingerprint density at radius 2 is 1.89 bits per heavy atom.